The Morgan fingerprint density at radius 3 is 2.74 bits per heavy atom. The van der Waals surface area contributed by atoms with Crippen molar-refractivity contribution in [3.8, 4) is 0 Å². The van der Waals surface area contributed by atoms with Crippen molar-refractivity contribution in [3.05, 3.63) is 35.6 Å². The average molecular weight is 612 g/mol. The van der Waals surface area contributed by atoms with Crippen LogP contribution in [0, 0.1) is 17.8 Å². The molecule has 0 amide bonds. The van der Waals surface area contributed by atoms with E-state index in [2.05, 4.69) is 88.6 Å². The molecule has 104 valence electrons. The molecule has 3 aliphatic carbocycles. The Bertz CT molecular complexity index is 482. The minimum absolute atomic E-state index is 0. The van der Waals surface area contributed by atoms with Crippen molar-refractivity contribution >= 4 is 64.3 Å². The summed E-state index contributed by atoms with van der Waals surface area (Å²) in [4.78, 5) is 0. The van der Waals surface area contributed by atoms with Gasteiger partial charge in [0.2, 0.25) is 0 Å². The summed E-state index contributed by atoms with van der Waals surface area (Å²) in [7, 11) is 0. The molecular formula is C13H15I3N2S. The predicted molar refractivity (Wildman–Crippen MR) is 94.5 cm³/mol. The van der Waals surface area contributed by atoms with Gasteiger partial charge in [-0.15, -0.1) is 0 Å². The van der Waals surface area contributed by atoms with Crippen LogP contribution in [-0.4, -0.2) is 7.04 Å². The van der Waals surface area contributed by atoms with Gasteiger partial charge in [0.15, 0.2) is 5.71 Å². The van der Waals surface area contributed by atoms with E-state index in [0.29, 0.717) is 5.92 Å². The number of hydrogen-bond donors (Lipinski definition) is 2. The lowest BCUT2D eigenvalue weighted by Gasteiger charge is -2.41. The van der Waals surface area contributed by atoms with Crippen LogP contribution in [0.15, 0.2) is 35.6 Å². The number of nitrogens with zero attached hydrogens (tertiary/aromatic N) is 1. The Hall–Kier alpha value is 1.23. The van der Waals surface area contributed by atoms with Crippen LogP contribution in [0.3, 0.4) is 0 Å². The summed E-state index contributed by atoms with van der Waals surface area (Å²) >= 11 is 8.93. The topological polar surface area (TPSA) is 17.2 Å². The van der Waals surface area contributed by atoms with Gasteiger partial charge in [0.1, 0.15) is 12.8 Å². The Morgan fingerprint density at radius 1 is 1.26 bits per heavy atom. The maximum Gasteiger partial charge on any atom is 0.188 e. The number of rotatable bonds is 1. The van der Waals surface area contributed by atoms with Crippen molar-refractivity contribution in [1.29, 1.82) is 0 Å². The highest BCUT2D eigenvalue weighted by atomic mass is 127. The SMILES string of the molecule is S/[NH+]=C1\C=C2C=C(N(I)I)CC3CC=CC(C1)C23.[I-]. The lowest BCUT2D eigenvalue weighted by molar-refractivity contribution is -0.239. The minimum atomic E-state index is 0. The zero-order valence-corrected chi connectivity index (χ0v) is 17.6. The lowest BCUT2D eigenvalue weighted by atomic mass is 9.64. The minimum Gasteiger partial charge on any atom is -1.00 e. The van der Waals surface area contributed by atoms with E-state index in [1.165, 1.54) is 29.8 Å². The Balaban J connectivity index is 0.00000133. The molecule has 0 aromatic rings. The van der Waals surface area contributed by atoms with Gasteiger partial charge >= 0.3 is 0 Å². The summed E-state index contributed by atoms with van der Waals surface area (Å²) < 4.78 is 5.24. The number of allylic oxidation sites excluding steroid dienone is 6. The molecule has 3 aliphatic rings. The van der Waals surface area contributed by atoms with Gasteiger partial charge < -0.3 is 24.0 Å². The molecule has 0 aliphatic heterocycles. The molecule has 0 fully saturated rings. The summed E-state index contributed by atoms with van der Waals surface area (Å²) in [6, 6.07) is 0. The van der Waals surface area contributed by atoms with Crippen molar-refractivity contribution in [3.63, 3.8) is 0 Å². The van der Waals surface area contributed by atoms with Gasteiger partial charge in [-0.25, -0.2) is 0 Å². The first kappa shape index (κ1) is 16.6. The molecule has 3 rings (SSSR count). The zero-order valence-electron chi connectivity index (χ0n) is 10.2. The molecule has 0 spiro atoms. The van der Waals surface area contributed by atoms with Crippen molar-refractivity contribution in [2.24, 2.45) is 17.8 Å². The van der Waals surface area contributed by atoms with Gasteiger partial charge in [-0.2, -0.15) is 4.40 Å². The Labute approximate surface area is 164 Å². The quantitative estimate of drug-likeness (QED) is 0.182. The first-order chi connectivity index (χ1) is 8.69. The maximum absolute atomic E-state index is 4.21. The molecule has 0 bridgehead atoms. The summed E-state index contributed by atoms with van der Waals surface area (Å²) in [5, 5.41) is 0. The van der Waals surface area contributed by atoms with Crippen molar-refractivity contribution in [2.75, 3.05) is 0 Å². The first-order valence-corrected chi connectivity index (χ1v) is 8.53. The van der Waals surface area contributed by atoms with Gasteiger partial charge in [0.25, 0.3) is 0 Å². The second-order valence-corrected chi connectivity index (χ2v) is 9.17. The number of halogens is 3. The fraction of sp³-hybridized carbons (Fsp3) is 0.462. The van der Waals surface area contributed by atoms with Crippen molar-refractivity contribution < 1.29 is 28.4 Å². The largest absolute Gasteiger partial charge is 1.00 e. The molecule has 0 saturated carbocycles. The van der Waals surface area contributed by atoms with Crippen LogP contribution < -0.4 is 28.4 Å². The third kappa shape index (κ3) is 3.36. The van der Waals surface area contributed by atoms with E-state index >= 15 is 0 Å². The van der Waals surface area contributed by atoms with Crippen LogP contribution in [0.4, 0.5) is 0 Å². The first-order valence-electron chi connectivity index (χ1n) is 6.15. The number of thiol groups is 1. The maximum atomic E-state index is 4.21. The van der Waals surface area contributed by atoms with Crippen molar-refractivity contribution in [1.82, 2.24) is 1.33 Å². The van der Waals surface area contributed by atoms with Crippen molar-refractivity contribution in [2.45, 2.75) is 19.3 Å². The molecule has 0 heterocycles. The van der Waals surface area contributed by atoms with E-state index < -0.39 is 0 Å². The van der Waals surface area contributed by atoms with Gasteiger partial charge in [-0.05, 0) is 42.2 Å². The molecule has 3 atom stereocenters. The molecule has 6 heteroatoms. The monoisotopic (exact) mass is 612 g/mol. The highest BCUT2D eigenvalue weighted by molar-refractivity contribution is 14.2. The molecule has 0 saturated heterocycles. The molecule has 0 aromatic carbocycles. The second kappa shape index (κ2) is 6.99. The third-order valence-electron chi connectivity index (χ3n) is 4.14. The van der Waals surface area contributed by atoms with Gasteiger partial charge in [-0.1, -0.05) is 12.2 Å². The van der Waals surface area contributed by atoms with Gasteiger partial charge in [0.05, 0.1) is 45.7 Å². The molecule has 3 unspecified atom stereocenters. The summed E-state index contributed by atoms with van der Waals surface area (Å²) in [5.41, 5.74) is 4.15. The van der Waals surface area contributed by atoms with E-state index in [-0.39, 0.29) is 24.0 Å². The highest BCUT2D eigenvalue weighted by Crippen LogP contribution is 2.47. The van der Waals surface area contributed by atoms with Crippen LogP contribution in [0.2, 0.25) is 0 Å². The van der Waals surface area contributed by atoms with Crippen LogP contribution in [0.1, 0.15) is 19.3 Å². The normalized spacial score (nSPS) is 34.1. The Morgan fingerprint density at radius 2 is 2.05 bits per heavy atom. The summed E-state index contributed by atoms with van der Waals surface area (Å²) in [6.45, 7) is 0. The van der Waals surface area contributed by atoms with E-state index in [0.717, 1.165) is 18.3 Å². The molecule has 2 nitrogen and oxygen atoms in total. The average Bonchev–Trinajstić information content (AvgIpc) is 2.38. The van der Waals surface area contributed by atoms with E-state index in [1.54, 1.807) is 0 Å². The van der Waals surface area contributed by atoms with Gasteiger partial charge in [0, 0.05) is 18.2 Å². The van der Waals surface area contributed by atoms with E-state index in [4.69, 9.17) is 0 Å². The third-order valence-corrected chi connectivity index (χ3v) is 5.66. The second-order valence-electron chi connectivity index (χ2n) is 5.17. The fourth-order valence-electron chi connectivity index (χ4n) is 3.43. The number of hydrogen-bond acceptors (Lipinski definition) is 2. The van der Waals surface area contributed by atoms with E-state index in [1.807, 2.05) is 0 Å². The van der Waals surface area contributed by atoms with Crippen LogP contribution in [0.25, 0.3) is 0 Å². The molecule has 0 aromatic heterocycles. The summed E-state index contributed by atoms with van der Waals surface area (Å²) in [6.07, 6.45) is 13.0. The molecule has 0 radical (unpaired) electrons. The molecular weight excluding hydrogens is 597 g/mol. The highest BCUT2D eigenvalue weighted by Gasteiger charge is 2.40. The van der Waals surface area contributed by atoms with Crippen LogP contribution in [0.5, 0.6) is 0 Å². The molecule has 1 N–H and O–H groups in total. The van der Waals surface area contributed by atoms with Crippen LogP contribution in [-0.2, 0) is 0 Å². The fourth-order valence-corrected chi connectivity index (χ4v) is 4.26. The van der Waals surface area contributed by atoms with E-state index in [9.17, 15) is 0 Å². The number of nitrogens with one attached hydrogen (secondary N) is 1. The summed E-state index contributed by atoms with van der Waals surface area (Å²) in [5.74, 6) is 2.16. The smallest absolute Gasteiger partial charge is 0.188 e. The predicted octanol–water partition coefficient (Wildman–Crippen LogP) is -0.215. The Kier molecular flexibility index (Phi) is 6.11. The van der Waals surface area contributed by atoms with Crippen LogP contribution >= 0.6 is 58.5 Å². The zero-order chi connectivity index (χ0) is 12.7. The van der Waals surface area contributed by atoms with Gasteiger partial charge in [-0.3, -0.25) is 1.33 Å². The standard InChI is InChI=1S/C13H14I2N2S.HI/c14-17(15)12-6-9-3-1-2-8-4-11(16-18)5-10(7-12)13(8)9;/h1-2,5,7-9,13,18H,3-4,6H2;1H/b16-11-;. The lowest BCUT2D eigenvalue weighted by Crippen LogP contribution is -3.00. The molecule has 19 heavy (non-hydrogen) atoms.